The van der Waals surface area contributed by atoms with E-state index in [0.29, 0.717) is 31.9 Å². The smallest absolute Gasteiger partial charge is 0.264 e. The molecule has 1 fully saturated rings. The van der Waals surface area contributed by atoms with Gasteiger partial charge in [-0.1, -0.05) is 24.3 Å². The van der Waals surface area contributed by atoms with Crippen LogP contribution in [0.3, 0.4) is 0 Å². The number of hydrogen-bond acceptors (Lipinski definition) is 4. The molecule has 4 rings (SSSR count). The molecule has 5 nitrogen and oxygen atoms in total. The van der Waals surface area contributed by atoms with Crippen LogP contribution in [0.5, 0.6) is 0 Å². The third kappa shape index (κ3) is 4.21. The fourth-order valence-electron chi connectivity index (χ4n) is 3.32. The molecule has 0 radical (unpaired) electrons. The number of nitrogens with one attached hydrogen (secondary N) is 1. The average molecular weight is 397 g/mol. The second-order valence-corrected chi connectivity index (χ2v) is 7.86. The highest BCUT2D eigenvalue weighted by atomic mass is 32.1. The lowest BCUT2D eigenvalue weighted by Gasteiger charge is -2.34. The second-order valence-electron chi connectivity index (χ2n) is 6.78. The lowest BCUT2D eigenvalue weighted by Crippen LogP contribution is -2.50. The van der Waals surface area contributed by atoms with Crippen LogP contribution < -0.4 is 5.32 Å². The standard InChI is InChI=1S/C21H20FN3O2S/c22-16-5-3-6-17(13-16)23-20(26)14-24-8-10-25(11-9-24)21(27)19-12-15-4-1-2-7-18(15)28-19/h1-7,12-13H,8-11,14H2,(H,23,26). The molecule has 0 saturated carbocycles. The second kappa shape index (κ2) is 8.08. The van der Waals surface area contributed by atoms with Gasteiger partial charge in [0.15, 0.2) is 0 Å². The number of amides is 2. The monoisotopic (exact) mass is 397 g/mol. The van der Waals surface area contributed by atoms with Gasteiger partial charge < -0.3 is 10.2 Å². The molecule has 0 aliphatic carbocycles. The summed E-state index contributed by atoms with van der Waals surface area (Å²) in [4.78, 5) is 29.5. The molecule has 2 heterocycles. The van der Waals surface area contributed by atoms with Gasteiger partial charge in [-0.2, -0.15) is 0 Å². The summed E-state index contributed by atoms with van der Waals surface area (Å²) in [5.74, 6) is -0.522. The number of carbonyl (C=O) groups is 2. The molecule has 0 spiro atoms. The maximum Gasteiger partial charge on any atom is 0.264 e. The molecule has 2 amide bonds. The highest BCUT2D eigenvalue weighted by Crippen LogP contribution is 2.26. The summed E-state index contributed by atoms with van der Waals surface area (Å²) in [5, 5.41) is 3.79. The van der Waals surface area contributed by atoms with Gasteiger partial charge >= 0.3 is 0 Å². The van der Waals surface area contributed by atoms with E-state index in [9.17, 15) is 14.0 Å². The van der Waals surface area contributed by atoms with Gasteiger partial charge in [-0.3, -0.25) is 14.5 Å². The molecule has 2 aromatic carbocycles. The Hall–Kier alpha value is -2.77. The Morgan fingerprint density at radius 3 is 2.54 bits per heavy atom. The summed E-state index contributed by atoms with van der Waals surface area (Å²) in [7, 11) is 0. The number of nitrogens with zero attached hydrogens (tertiary/aromatic N) is 2. The van der Waals surface area contributed by atoms with Crippen LogP contribution in [0.15, 0.2) is 54.6 Å². The molecule has 1 aliphatic heterocycles. The van der Waals surface area contributed by atoms with E-state index in [4.69, 9.17) is 0 Å². The van der Waals surface area contributed by atoms with Gasteiger partial charge in [0.25, 0.3) is 5.91 Å². The van der Waals surface area contributed by atoms with Crippen molar-refractivity contribution in [2.75, 3.05) is 38.0 Å². The van der Waals surface area contributed by atoms with E-state index in [1.165, 1.54) is 23.5 Å². The summed E-state index contributed by atoms with van der Waals surface area (Å²) in [6.45, 7) is 2.66. The summed E-state index contributed by atoms with van der Waals surface area (Å²) in [6, 6.07) is 15.8. The van der Waals surface area contributed by atoms with Crippen LogP contribution in [-0.4, -0.2) is 54.3 Å². The van der Waals surface area contributed by atoms with Crippen LogP contribution in [0, 0.1) is 5.82 Å². The highest BCUT2D eigenvalue weighted by Gasteiger charge is 2.24. The number of halogens is 1. The van der Waals surface area contributed by atoms with E-state index in [1.54, 1.807) is 12.1 Å². The highest BCUT2D eigenvalue weighted by molar-refractivity contribution is 7.20. The van der Waals surface area contributed by atoms with Gasteiger partial charge in [0.05, 0.1) is 11.4 Å². The first-order valence-electron chi connectivity index (χ1n) is 9.14. The van der Waals surface area contributed by atoms with E-state index in [1.807, 2.05) is 40.1 Å². The van der Waals surface area contributed by atoms with Gasteiger partial charge in [0.1, 0.15) is 5.82 Å². The van der Waals surface area contributed by atoms with Crippen molar-refractivity contribution in [3.8, 4) is 0 Å². The van der Waals surface area contributed by atoms with Crippen molar-refractivity contribution in [3.05, 3.63) is 65.3 Å². The van der Waals surface area contributed by atoms with E-state index in [-0.39, 0.29) is 24.2 Å². The Morgan fingerprint density at radius 2 is 1.79 bits per heavy atom. The maximum atomic E-state index is 13.2. The number of rotatable bonds is 4. The number of carbonyl (C=O) groups excluding carboxylic acids is 2. The molecule has 1 aromatic heterocycles. The van der Waals surface area contributed by atoms with Crippen LogP contribution in [0.25, 0.3) is 10.1 Å². The molecule has 0 atom stereocenters. The molecule has 144 valence electrons. The summed E-state index contributed by atoms with van der Waals surface area (Å²) >= 11 is 1.51. The Bertz CT molecular complexity index is 979. The van der Waals surface area contributed by atoms with Crippen molar-refractivity contribution in [2.45, 2.75) is 0 Å². The van der Waals surface area contributed by atoms with E-state index in [2.05, 4.69) is 5.32 Å². The predicted octanol–water partition coefficient (Wildman–Crippen LogP) is 3.44. The third-order valence-electron chi connectivity index (χ3n) is 4.77. The Kier molecular flexibility index (Phi) is 5.36. The topological polar surface area (TPSA) is 52.7 Å². The van der Waals surface area contributed by atoms with E-state index in [0.717, 1.165) is 15.0 Å². The maximum absolute atomic E-state index is 13.2. The molecular formula is C21H20FN3O2S. The molecule has 7 heteroatoms. The van der Waals surface area contributed by atoms with Gasteiger partial charge in [-0.25, -0.2) is 4.39 Å². The molecule has 28 heavy (non-hydrogen) atoms. The van der Waals surface area contributed by atoms with Crippen molar-refractivity contribution in [1.29, 1.82) is 0 Å². The first kappa shape index (κ1) is 18.6. The lowest BCUT2D eigenvalue weighted by molar-refractivity contribution is -0.117. The fourth-order valence-corrected chi connectivity index (χ4v) is 4.35. The van der Waals surface area contributed by atoms with Crippen molar-refractivity contribution in [3.63, 3.8) is 0 Å². The Morgan fingerprint density at radius 1 is 1.00 bits per heavy atom. The summed E-state index contributed by atoms with van der Waals surface area (Å²) in [5.41, 5.74) is 0.448. The number of benzene rings is 2. The number of piperazine rings is 1. The molecule has 1 saturated heterocycles. The molecule has 1 N–H and O–H groups in total. The minimum Gasteiger partial charge on any atom is -0.335 e. The van der Waals surface area contributed by atoms with Crippen LogP contribution in [-0.2, 0) is 4.79 Å². The van der Waals surface area contributed by atoms with Crippen molar-refractivity contribution < 1.29 is 14.0 Å². The van der Waals surface area contributed by atoms with Crippen molar-refractivity contribution in [2.24, 2.45) is 0 Å². The zero-order valence-electron chi connectivity index (χ0n) is 15.2. The van der Waals surface area contributed by atoms with Crippen molar-refractivity contribution >= 4 is 38.9 Å². The molecule has 0 unspecified atom stereocenters. The molecular weight excluding hydrogens is 377 g/mol. The summed E-state index contributed by atoms with van der Waals surface area (Å²) < 4.78 is 14.3. The molecule has 1 aliphatic rings. The molecule has 0 bridgehead atoms. The van der Waals surface area contributed by atoms with Crippen molar-refractivity contribution in [1.82, 2.24) is 9.80 Å². The zero-order valence-corrected chi connectivity index (χ0v) is 16.0. The van der Waals surface area contributed by atoms with E-state index >= 15 is 0 Å². The number of hydrogen-bond donors (Lipinski definition) is 1. The molecule has 3 aromatic rings. The minimum atomic E-state index is -0.383. The first-order valence-corrected chi connectivity index (χ1v) is 9.96. The van der Waals surface area contributed by atoms with Gasteiger partial charge in [0.2, 0.25) is 5.91 Å². The van der Waals surface area contributed by atoms with Crippen LogP contribution in [0.2, 0.25) is 0 Å². The van der Waals surface area contributed by atoms with Gasteiger partial charge in [-0.15, -0.1) is 11.3 Å². The SMILES string of the molecule is O=C(CN1CCN(C(=O)c2cc3ccccc3s2)CC1)Nc1cccc(F)c1. The number of anilines is 1. The van der Waals surface area contributed by atoms with Crippen LogP contribution in [0.1, 0.15) is 9.67 Å². The Balaban J connectivity index is 1.30. The lowest BCUT2D eigenvalue weighted by atomic mass is 10.2. The van der Waals surface area contributed by atoms with Crippen LogP contribution >= 0.6 is 11.3 Å². The van der Waals surface area contributed by atoms with Gasteiger partial charge in [-0.05, 0) is 35.7 Å². The average Bonchev–Trinajstić information content (AvgIpc) is 3.12. The van der Waals surface area contributed by atoms with Crippen LogP contribution in [0.4, 0.5) is 10.1 Å². The van der Waals surface area contributed by atoms with E-state index < -0.39 is 0 Å². The normalized spacial score (nSPS) is 15.0. The first-order chi connectivity index (χ1) is 13.6. The summed E-state index contributed by atoms with van der Waals surface area (Å²) in [6.07, 6.45) is 0. The zero-order chi connectivity index (χ0) is 19.5. The number of thiophene rings is 1. The largest absolute Gasteiger partial charge is 0.335 e. The fraction of sp³-hybridized carbons (Fsp3) is 0.238. The Labute approximate surface area is 166 Å². The van der Waals surface area contributed by atoms with Gasteiger partial charge in [0, 0.05) is 36.6 Å². The number of fused-ring (bicyclic) bond motifs is 1. The minimum absolute atomic E-state index is 0.0464. The predicted molar refractivity (Wildman–Crippen MR) is 109 cm³/mol. The third-order valence-corrected chi connectivity index (χ3v) is 5.88. The quantitative estimate of drug-likeness (QED) is 0.734.